The predicted octanol–water partition coefficient (Wildman–Crippen LogP) is 2.40. The van der Waals surface area contributed by atoms with Crippen LogP contribution >= 0.6 is 0 Å². The maximum Gasteiger partial charge on any atom is 0.337 e. The molecule has 1 aromatic heterocycles. The lowest BCUT2D eigenvalue weighted by Crippen LogP contribution is -2.03. The number of nitro groups is 1. The summed E-state index contributed by atoms with van der Waals surface area (Å²) < 4.78 is 0. The molecular weight excluding hydrogens is 232 g/mol. The Bertz CT molecular complexity index is 598. The van der Waals surface area contributed by atoms with Crippen molar-refractivity contribution in [1.29, 1.82) is 0 Å². The van der Waals surface area contributed by atoms with Crippen LogP contribution in [0.3, 0.4) is 0 Å². The van der Waals surface area contributed by atoms with Crippen LogP contribution in [-0.4, -0.2) is 21.9 Å². The highest BCUT2D eigenvalue weighted by Crippen LogP contribution is 2.32. The first-order chi connectivity index (χ1) is 8.63. The first-order valence-corrected chi connectivity index (χ1v) is 5.37. The van der Waals surface area contributed by atoms with Crippen LogP contribution in [0.2, 0.25) is 0 Å². The molecule has 92 valence electrons. The van der Waals surface area contributed by atoms with Crippen molar-refractivity contribution >= 4 is 11.5 Å². The van der Waals surface area contributed by atoms with Gasteiger partial charge in [-0.1, -0.05) is 23.8 Å². The van der Waals surface area contributed by atoms with Gasteiger partial charge < -0.3 is 5.32 Å². The number of anilines is 1. The average Bonchev–Trinajstić information content (AvgIpc) is 2.37. The Balaban J connectivity index is 2.67. The van der Waals surface area contributed by atoms with Gasteiger partial charge in [0.1, 0.15) is 6.33 Å². The van der Waals surface area contributed by atoms with E-state index >= 15 is 0 Å². The minimum absolute atomic E-state index is 0.106. The third-order valence-electron chi connectivity index (χ3n) is 2.53. The third-order valence-corrected chi connectivity index (χ3v) is 2.53. The standard InChI is InChI=1S/C12H12N4O2/c1-8-4-3-5-9(6-8)10-11(16(17)18)12(13-2)15-7-14-10/h3-7H,1-2H3,(H,13,14,15). The number of aromatic nitrogens is 2. The fraction of sp³-hybridized carbons (Fsp3) is 0.167. The monoisotopic (exact) mass is 244 g/mol. The number of hydrogen-bond donors (Lipinski definition) is 1. The van der Waals surface area contributed by atoms with Crippen LogP contribution in [0.1, 0.15) is 5.56 Å². The zero-order chi connectivity index (χ0) is 13.1. The Kier molecular flexibility index (Phi) is 3.18. The van der Waals surface area contributed by atoms with Crippen LogP contribution in [0, 0.1) is 17.0 Å². The largest absolute Gasteiger partial charge is 0.367 e. The molecular formula is C12H12N4O2. The van der Waals surface area contributed by atoms with Gasteiger partial charge in [-0.2, -0.15) is 0 Å². The van der Waals surface area contributed by atoms with E-state index in [-0.39, 0.29) is 11.5 Å². The van der Waals surface area contributed by atoms with Gasteiger partial charge >= 0.3 is 5.69 Å². The van der Waals surface area contributed by atoms with E-state index in [9.17, 15) is 10.1 Å². The van der Waals surface area contributed by atoms with Crippen molar-refractivity contribution in [2.45, 2.75) is 6.92 Å². The number of benzene rings is 1. The van der Waals surface area contributed by atoms with Crippen molar-refractivity contribution in [2.24, 2.45) is 0 Å². The molecule has 6 heteroatoms. The molecule has 1 N–H and O–H groups in total. The first kappa shape index (κ1) is 12.0. The molecule has 2 aromatic rings. The Labute approximate surface area is 104 Å². The van der Waals surface area contributed by atoms with E-state index in [4.69, 9.17) is 0 Å². The van der Waals surface area contributed by atoms with Crippen LogP contribution in [0.15, 0.2) is 30.6 Å². The van der Waals surface area contributed by atoms with Crippen LogP contribution in [-0.2, 0) is 0 Å². The second-order valence-corrected chi connectivity index (χ2v) is 3.80. The number of nitrogens with one attached hydrogen (secondary N) is 1. The van der Waals surface area contributed by atoms with Crippen LogP contribution in [0.25, 0.3) is 11.3 Å². The number of nitrogens with zero attached hydrogens (tertiary/aromatic N) is 3. The van der Waals surface area contributed by atoms with E-state index in [1.807, 2.05) is 25.1 Å². The highest BCUT2D eigenvalue weighted by Gasteiger charge is 2.22. The fourth-order valence-corrected chi connectivity index (χ4v) is 1.74. The predicted molar refractivity (Wildman–Crippen MR) is 68.4 cm³/mol. The second kappa shape index (κ2) is 4.79. The van der Waals surface area contributed by atoms with E-state index in [1.54, 1.807) is 13.1 Å². The SMILES string of the molecule is CNc1ncnc(-c2cccc(C)c2)c1[N+](=O)[O-]. The van der Waals surface area contributed by atoms with Gasteiger partial charge in [-0.25, -0.2) is 9.97 Å². The summed E-state index contributed by atoms with van der Waals surface area (Å²) in [6.07, 6.45) is 1.32. The molecule has 0 fully saturated rings. The van der Waals surface area contributed by atoms with Gasteiger partial charge in [-0.05, 0) is 13.0 Å². The maximum absolute atomic E-state index is 11.1. The number of aryl methyl sites for hydroxylation is 1. The molecule has 0 unspecified atom stereocenters. The molecule has 0 saturated heterocycles. The summed E-state index contributed by atoms with van der Waals surface area (Å²) in [5.41, 5.74) is 1.95. The number of hydrogen-bond acceptors (Lipinski definition) is 5. The van der Waals surface area contributed by atoms with Crippen LogP contribution in [0.5, 0.6) is 0 Å². The van der Waals surface area contributed by atoms with E-state index in [2.05, 4.69) is 15.3 Å². The Morgan fingerprint density at radius 2 is 2.11 bits per heavy atom. The van der Waals surface area contributed by atoms with Gasteiger partial charge in [0.15, 0.2) is 5.69 Å². The van der Waals surface area contributed by atoms with Gasteiger partial charge in [0.05, 0.1) is 4.92 Å². The summed E-state index contributed by atoms with van der Waals surface area (Å²) in [4.78, 5) is 18.6. The minimum atomic E-state index is -0.469. The van der Waals surface area contributed by atoms with Crippen molar-refractivity contribution < 1.29 is 4.92 Å². The minimum Gasteiger partial charge on any atom is -0.367 e. The number of rotatable bonds is 3. The Morgan fingerprint density at radius 1 is 1.33 bits per heavy atom. The quantitative estimate of drug-likeness (QED) is 0.662. The zero-order valence-electron chi connectivity index (χ0n) is 10.0. The normalized spacial score (nSPS) is 10.1. The summed E-state index contributed by atoms with van der Waals surface area (Å²) in [5, 5.41) is 13.9. The maximum atomic E-state index is 11.1. The molecule has 0 radical (unpaired) electrons. The lowest BCUT2D eigenvalue weighted by atomic mass is 10.1. The summed E-state index contributed by atoms with van der Waals surface area (Å²) in [6, 6.07) is 7.42. The van der Waals surface area contributed by atoms with E-state index in [0.29, 0.717) is 11.3 Å². The zero-order valence-corrected chi connectivity index (χ0v) is 10.0. The molecule has 0 aliphatic rings. The Hall–Kier alpha value is -2.50. The van der Waals surface area contributed by atoms with Crippen molar-refractivity contribution in [3.63, 3.8) is 0 Å². The van der Waals surface area contributed by atoms with Gasteiger partial charge in [0.25, 0.3) is 0 Å². The van der Waals surface area contributed by atoms with Crippen LogP contribution < -0.4 is 5.32 Å². The molecule has 0 atom stereocenters. The molecule has 0 amide bonds. The smallest absolute Gasteiger partial charge is 0.337 e. The van der Waals surface area contributed by atoms with Crippen LogP contribution in [0.4, 0.5) is 11.5 Å². The lowest BCUT2D eigenvalue weighted by molar-refractivity contribution is -0.383. The summed E-state index contributed by atoms with van der Waals surface area (Å²) in [5.74, 6) is 0.214. The van der Waals surface area contributed by atoms with Gasteiger partial charge in [-0.15, -0.1) is 0 Å². The van der Waals surface area contributed by atoms with E-state index in [1.165, 1.54) is 6.33 Å². The second-order valence-electron chi connectivity index (χ2n) is 3.80. The van der Waals surface area contributed by atoms with Gasteiger partial charge in [-0.3, -0.25) is 10.1 Å². The van der Waals surface area contributed by atoms with Crippen molar-refractivity contribution in [2.75, 3.05) is 12.4 Å². The molecule has 1 heterocycles. The van der Waals surface area contributed by atoms with Crippen molar-refractivity contribution in [3.8, 4) is 11.3 Å². The molecule has 0 aliphatic carbocycles. The summed E-state index contributed by atoms with van der Waals surface area (Å²) >= 11 is 0. The summed E-state index contributed by atoms with van der Waals surface area (Å²) in [6.45, 7) is 1.93. The highest BCUT2D eigenvalue weighted by molar-refractivity contribution is 5.76. The van der Waals surface area contributed by atoms with E-state index < -0.39 is 4.92 Å². The molecule has 0 saturated carbocycles. The lowest BCUT2D eigenvalue weighted by Gasteiger charge is -2.06. The van der Waals surface area contributed by atoms with Gasteiger partial charge in [0, 0.05) is 12.6 Å². The van der Waals surface area contributed by atoms with Crippen molar-refractivity contribution in [1.82, 2.24) is 9.97 Å². The van der Waals surface area contributed by atoms with Gasteiger partial charge in [0.2, 0.25) is 5.82 Å². The molecule has 0 spiro atoms. The topological polar surface area (TPSA) is 81.0 Å². The molecule has 0 bridgehead atoms. The molecule has 18 heavy (non-hydrogen) atoms. The first-order valence-electron chi connectivity index (χ1n) is 5.37. The fourth-order valence-electron chi connectivity index (χ4n) is 1.74. The van der Waals surface area contributed by atoms with E-state index in [0.717, 1.165) is 5.56 Å². The molecule has 1 aromatic carbocycles. The third kappa shape index (κ3) is 2.13. The average molecular weight is 244 g/mol. The molecule has 0 aliphatic heterocycles. The molecule has 6 nitrogen and oxygen atoms in total. The molecule has 2 rings (SSSR count). The summed E-state index contributed by atoms with van der Waals surface area (Å²) in [7, 11) is 1.59. The highest BCUT2D eigenvalue weighted by atomic mass is 16.6. The van der Waals surface area contributed by atoms with Crippen molar-refractivity contribution in [3.05, 3.63) is 46.3 Å². The Morgan fingerprint density at radius 3 is 2.72 bits per heavy atom.